The summed E-state index contributed by atoms with van der Waals surface area (Å²) >= 11 is 1.48. The Kier molecular flexibility index (Phi) is 9.34. The SMILES string of the molecule is CNC(CCCCNC(=O)C(C)(C)CC(C)(C)SC1CC(=O)N(C)C1=O)C(C)=O. The zero-order valence-corrected chi connectivity index (χ0v) is 19.7. The van der Waals surface area contributed by atoms with Crippen LogP contribution in [-0.2, 0) is 19.2 Å². The van der Waals surface area contributed by atoms with Crippen LogP contribution in [0.15, 0.2) is 0 Å². The van der Waals surface area contributed by atoms with Crippen molar-refractivity contribution in [3.05, 3.63) is 0 Å². The number of thioether (sulfide) groups is 1. The Morgan fingerprint density at radius 3 is 2.31 bits per heavy atom. The van der Waals surface area contributed by atoms with E-state index in [2.05, 4.69) is 10.6 Å². The van der Waals surface area contributed by atoms with Gasteiger partial charge < -0.3 is 10.6 Å². The predicted molar refractivity (Wildman–Crippen MR) is 117 cm³/mol. The Labute approximate surface area is 179 Å². The van der Waals surface area contributed by atoms with E-state index < -0.39 is 5.41 Å². The van der Waals surface area contributed by atoms with E-state index in [1.165, 1.54) is 23.7 Å². The molecule has 1 heterocycles. The molecule has 1 rings (SSSR count). The van der Waals surface area contributed by atoms with Crippen LogP contribution in [0.3, 0.4) is 0 Å². The van der Waals surface area contributed by atoms with Crippen LogP contribution in [0.1, 0.15) is 66.7 Å². The summed E-state index contributed by atoms with van der Waals surface area (Å²) in [5.41, 5.74) is -0.596. The van der Waals surface area contributed by atoms with Gasteiger partial charge in [0.05, 0.1) is 11.3 Å². The van der Waals surface area contributed by atoms with Gasteiger partial charge in [-0.2, -0.15) is 0 Å². The second kappa shape index (κ2) is 10.6. The molecule has 0 aromatic carbocycles. The standard InChI is InChI=1S/C21H37N3O4S/c1-14(25)15(22-6)10-8-9-11-23-19(28)20(2,3)13-21(4,5)29-16-12-17(26)24(7)18(16)27/h15-16,22H,8-13H2,1-7H3,(H,23,28). The molecule has 8 heteroatoms. The molecule has 0 bridgehead atoms. The Bertz CT molecular complexity index is 633. The highest BCUT2D eigenvalue weighted by atomic mass is 32.2. The molecule has 0 aliphatic carbocycles. The second-order valence-electron chi connectivity index (χ2n) is 9.13. The van der Waals surface area contributed by atoms with Crippen molar-refractivity contribution in [2.24, 2.45) is 5.41 Å². The molecule has 1 aliphatic rings. The maximum atomic E-state index is 12.7. The van der Waals surface area contributed by atoms with Gasteiger partial charge in [0.2, 0.25) is 17.7 Å². The van der Waals surface area contributed by atoms with Crippen LogP contribution >= 0.6 is 11.8 Å². The van der Waals surface area contributed by atoms with E-state index in [9.17, 15) is 19.2 Å². The number of nitrogens with zero attached hydrogens (tertiary/aromatic N) is 1. The highest BCUT2D eigenvalue weighted by Crippen LogP contribution is 2.42. The molecule has 1 saturated heterocycles. The van der Waals surface area contributed by atoms with E-state index in [-0.39, 0.29) is 46.0 Å². The maximum Gasteiger partial charge on any atom is 0.242 e. The van der Waals surface area contributed by atoms with Gasteiger partial charge in [-0.15, -0.1) is 11.8 Å². The van der Waals surface area contributed by atoms with Crippen LogP contribution < -0.4 is 10.6 Å². The highest BCUT2D eigenvalue weighted by Gasteiger charge is 2.42. The topological polar surface area (TPSA) is 95.6 Å². The molecular weight excluding hydrogens is 390 g/mol. The van der Waals surface area contributed by atoms with E-state index in [4.69, 9.17) is 0 Å². The summed E-state index contributed by atoms with van der Waals surface area (Å²) in [6.07, 6.45) is 3.25. The van der Waals surface area contributed by atoms with Gasteiger partial charge in [0.15, 0.2) is 0 Å². The fourth-order valence-corrected chi connectivity index (χ4v) is 5.55. The number of Topliss-reactive ketones (excluding diaryl/α,β-unsaturated/α-hetero) is 1. The molecule has 166 valence electrons. The molecular formula is C21H37N3O4S. The summed E-state index contributed by atoms with van der Waals surface area (Å²) in [5, 5.41) is 5.63. The molecule has 29 heavy (non-hydrogen) atoms. The first-order chi connectivity index (χ1) is 13.3. The van der Waals surface area contributed by atoms with Gasteiger partial charge in [0.1, 0.15) is 5.78 Å². The van der Waals surface area contributed by atoms with E-state index >= 15 is 0 Å². The lowest BCUT2D eigenvalue weighted by atomic mass is 9.82. The van der Waals surface area contributed by atoms with Gasteiger partial charge in [0, 0.05) is 30.2 Å². The largest absolute Gasteiger partial charge is 0.356 e. The minimum Gasteiger partial charge on any atom is -0.356 e. The number of carbonyl (C=O) groups excluding carboxylic acids is 4. The number of likely N-dealkylation sites (N-methyl/N-ethyl adjacent to an activating group) is 1. The summed E-state index contributed by atoms with van der Waals surface area (Å²) in [4.78, 5) is 49.2. The van der Waals surface area contributed by atoms with Crippen LogP contribution in [0.4, 0.5) is 0 Å². The zero-order chi connectivity index (χ0) is 22.4. The summed E-state index contributed by atoms with van der Waals surface area (Å²) in [5.74, 6) is -0.189. The van der Waals surface area contributed by atoms with E-state index in [0.717, 1.165) is 19.3 Å². The van der Waals surface area contributed by atoms with Gasteiger partial charge in [-0.25, -0.2) is 0 Å². The highest BCUT2D eigenvalue weighted by molar-refractivity contribution is 8.02. The van der Waals surface area contributed by atoms with Crippen molar-refractivity contribution in [2.45, 2.75) is 82.8 Å². The summed E-state index contributed by atoms with van der Waals surface area (Å²) in [7, 11) is 3.30. The molecule has 0 spiro atoms. The van der Waals surface area contributed by atoms with Crippen LogP contribution in [0.25, 0.3) is 0 Å². The molecule has 0 aromatic heterocycles. The first-order valence-electron chi connectivity index (χ1n) is 10.2. The van der Waals surface area contributed by atoms with Crippen LogP contribution in [0, 0.1) is 5.41 Å². The number of likely N-dealkylation sites (tertiary alicyclic amines) is 1. The average molecular weight is 428 g/mol. The van der Waals surface area contributed by atoms with Crippen molar-refractivity contribution in [1.82, 2.24) is 15.5 Å². The number of amides is 3. The van der Waals surface area contributed by atoms with Gasteiger partial charge in [0.25, 0.3) is 0 Å². The Morgan fingerprint density at radius 2 is 1.83 bits per heavy atom. The molecule has 2 atom stereocenters. The van der Waals surface area contributed by atoms with Crippen LogP contribution in [0.2, 0.25) is 0 Å². The monoisotopic (exact) mass is 427 g/mol. The summed E-state index contributed by atoms with van der Waals surface area (Å²) < 4.78 is -0.325. The molecule has 3 amide bonds. The van der Waals surface area contributed by atoms with Gasteiger partial charge >= 0.3 is 0 Å². The Balaban J connectivity index is 2.47. The van der Waals surface area contributed by atoms with Crippen molar-refractivity contribution < 1.29 is 19.2 Å². The van der Waals surface area contributed by atoms with Crippen molar-refractivity contribution in [3.8, 4) is 0 Å². The normalized spacial score (nSPS) is 18.9. The molecule has 2 N–H and O–H groups in total. The molecule has 1 fully saturated rings. The summed E-state index contributed by atoms with van der Waals surface area (Å²) in [6, 6.07) is -0.121. The molecule has 7 nitrogen and oxygen atoms in total. The minimum atomic E-state index is -0.596. The number of imide groups is 1. The second-order valence-corrected chi connectivity index (χ2v) is 11.0. The van der Waals surface area contributed by atoms with Crippen molar-refractivity contribution in [1.29, 1.82) is 0 Å². The maximum absolute atomic E-state index is 12.7. The molecule has 0 saturated carbocycles. The number of nitrogens with one attached hydrogen (secondary N) is 2. The molecule has 1 aliphatic heterocycles. The van der Waals surface area contributed by atoms with E-state index in [1.807, 2.05) is 27.7 Å². The van der Waals surface area contributed by atoms with Gasteiger partial charge in [-0.05, 0) is 39.7 Å². The Morgan fingerprint density at radius 1 is 1.21 bits per heavy atom. The predicted octanol–water partition coefficient (Wildman–Crippen LogP) is 2.14. The number of unbranched alkanes of at least 4 members (excludes halogenated alkanes) is 1. The number of carbonyl (C=O) groups is 4. The quantitative estimate of drug-likeness (QED) is 0.366. The van der Waals surface area contributed by atoms with Gasteiger partial charge in [-0.3, -0.25) is 24.1 Å². The van der Waals surface area contributed by atoms with Gasteiger partial charge in [-0.1, -0.05) is 27.7 Å². The fourth-order valence-electron chi connectivity index (χ4n) is 3.85. The van der Waals surface area contributed by atoms with Crippen molar-refractivity contribution in [3.63, 3.8) is 0 Å². The van der Waals surface area contributed by atoms with E-state index in [1.54, 1.807) is 14.0 Å². The third kappa shape index (κ3) is 7.74. The van der Waals surface area contributed by atoms with Crippen molar-refractivity contribution >= 4 is 35.3 Å². The number of rotatable bonds is 12. The van der Waals surface area contributed by atoms with E-state index in [0.29, 0.717) is 13.0 Å². The number of hydrogen-bond donors (Lipinski definition) is 2. The molecule has 2 unspecified atom stereocenters. The minimum absolute atomic E-state index is 0.0196. The fraction of sp³-hybridized carbons (Fsp3) is 0.810. The summed E-state index contributed by atoms with van der Waals surface area (Å²) in [6.45, 7) is 10.0. The third-order valence-electron chi connectivity index (χ3n) is 5.33. The lowest BCUT2D eigenvalue weighted by molar-refractivity contribution is -0.136. The first kappa shape index (κ1) is 25.6. The number of hydrogen-bond acceptors (Lipinski definition) is 6. The smallest absolute Gasteiger partial charge is 0.242 e. The van der Waals surface area contributed by atoms with Crippen LogP contribution in [0.5, 0.6) is 0 Å². The third-order valence-corrected chi connectivity index (χ3v) is 6.76. The molecule has 0 aromatic rings. The molecule has 0 radical (unpaired) electrons. The average Bonchev–Trinajstić information content (AvgIpc) is 2.82. The lowest BCUT2D eigenvalue weighted by Gasteiger charge is -2.34. The number of ketones is 1. The lowest BCUT2D eigenvalue weighted by Crippen LogP contribution is -2.41. The van der Waals surface area contributed by atoms with Crippen LogP contribution in [-0.4, -0.2) is 65.1 Å². The zero-order valence-electron chi connectivity index (χ0n) is 18.9. The Hall–Kier alpha value is -1.41. The van der Waals surface area contributed by atoms with Crippen molar-refractivity contribution in [2.75, 3.05) is 20.6 Å². The first-order valence-corrected chi connectivity index (χ1v) is 11.1.